The number of benzene rings is 2. The lowest BCUT2D eigenvalue weighted by Gasteiger charge is -2.44. The van der Waals surface area contributed by atoms with Gasteiger partial charge < -0.3 is 15.2 Å². The van der Waals surface area contributed by atoms with E-state index in [1.807, 2.05) is 4.90 Å². The fourth-order valence-corrected chi connectivity index (χ4v) is 7.51. The van der Waals surface area contributed by atoms with E-state index in [0.29, 0.717) is 36.6 Å². The number of likely N-dealkylation sites (tertiary alicyclic amines) is 1. The predicted octanol–water partition coefficient (Wildman–Crippen LogP) is 7.45. The number of rotatable bonds is 8. The lowest BCUT2D eigenvalue weighted by molar-refractivity contribution is -0.0825. The Morgan fingerprint density at radius 1 is 1.10 bits per heavy atom. The van der Waals surface area contributed by atoms with Crippen LogP contribution in [0, 0.1) is 0 Å². The Morgan fingerprint density at radius 3 is 2.48 bits per heavy atom. The molecule has 2 saturated heterocycles. The van der Waals surface area contributed by atoms with Crippen molar-refractivity contribution in [2.24, 2.45) is 0 Å². The summed E-state index contributed by atoms with van der Waals surface area (Å²) >= 11 is 20.1. The van der Waals surface area contributed by atoms with Gasteiger partial charge in [0.05, 0.1) is 17.7 Å². The average Bonchev–Trinajstić information content (AvgIpc) is 3.30. The molecule has 3 heterocycles. The zero-order chi connectivity index (χ0) is 28.4. The van der Waals surface area contributed by atoms with Crippen LogP contribution in [0.5, 0.6) is 5.75 Å². The maximum atomic E-state index is 14.8. The Labute approximate surface area is 251 Å². The third kappa shape index (κ3) is 6.33. The summed E-state index contributed by atoms with van der Waals surface area (Å²) in [5, 5.41) is 14.3. The summed E-state index contributed by atoms with van der Waals surface area (Å²) in [6, 6.07) is 11.1. The van der Waals surface area contributed by atoms with Crippen molar-refractivity contribution in [3.8, 4) is 27.3 Å². The standard InChI is InChI=1S/C29H29Cl3F2N2O3S/c30-18-3-1-17(2-4-18)24-26(39-14-13-37)28(40-27(24)21-6-5-19(31)15-22(21)32)25(38)23-16-29(33,34)9-12-36(23)20-7-10-35-11-8-20/h1-6,15,20,23,35,37H,7-14,16H2/t23-/m1/s1. The van der Waals surface area contributed by atoms with Gasteiger partial charge in [0, 0.05) is 51.5 Å². The second-order valence-electron chi connectivity index (χ2n) is 10.1. The van der Waals surface area contributed by atoms with Crippen LogP contribution in [0.3, 0.4) is 0 Å². The normalized spacial score (nSPS) is 20.0. The molecular formula is C29H29Cl3F2N2O3S. The highest BCUT2D eigenvalue weighted by Gasteiger charge is 2.47. The monoisotopic (exact) mass is 628 g/mol. The van der Waals surface area contributed by atoms with E-state index >= 15 is 0 Å². The third-order valence-electron chi connectivity index (χ3n) is 7.44. The molecule has 2 aromatic carbocycles. The number of piperidine rings is 2. The van der Waals surface area contributed by atoms with Gasteiger partial charge in [0.25, 0.3) is 5.92 Å². The van der Waals surface area contributed by atoms with Gasteiger partial charge in [-0.3, -0.25) is 9.69 Å². The molecule has 3 aromatic rings. The Balaban J connectivity index is 1.67. The van der Waals surface area contributed by atoms with Crippen LogP contribution >= 0.6 is 46.1 Å². The van der Waals surface area contributed by atoms with Crippen LogP contribution in [0.2, 0.25) is 15.1 Å². The van der Waals surface area contributed by atoms with Gasteiger partial charge in [0.15, 0.2) is 5.78 Å². The summed E-state index contributed by atoms with van der Waals surface area (Å²) in [6.07, 6.45) is 0.742. The molecule has 0 aliphatic carbocycles. The first-order valence-corrected chi connectivity index (χ1v) is 15.1. The van der Waals surface area contributed by atoms with Gasteiger partial charge in [0.2, 0.25) is 0 Å². The molecule has 40 heavy (non-hydrogen) atoms. The SMILES string of the molecule is O=C(c1sc(-c2ccc(Cl)cc2Cl)c(-c2ccc(Cl)cc2)c1OCCO)[C@H]1CC(F)(F)CCN1C1CCNCC1. The number of ether oxygens (including phenoxy) is 1. The first kappa shape index (κ1) is 29.7. The van der Waals surface area contributed by atoms with Gasteiger partial charge in [0.1, 0.15) is 17.2 Å². The van der Waals surface area contributed by atoms with Crippen molar-refractivity contribution < 1.29 is 23.4 Å². The number of nitrogens with zero attached hydrogens (tertiary/aromatic N) is 1. The minimum Gasteiger partial charge on any atom is -0.489 e. The molecule has 5 nitrogen and oxygen atoms in total. The predicted molar refractivity (Wildman–Crippen MR) is 158 cm³/mol. The molecule has 0 radical (unpaired) electrons. The minimum absolute atomic E-state index is 0.0361. The van der Waals surface area contributed by atoms with Crippen LogP contribution < -0.4 is 10.1 Å². The van der Waals surface area contributed by atoms with E-state index in [2.05, 4.69) is 5.32 Å². The summed E-state index contributed by atoms with van der Waals surface area (Å²) in [6.45, 7) is 1.34. The molecule has 2 fully saturated rings. The Kier molecular flexibility index (Phi) is 9.37. The van der Waals surface area contributed by atoms with Crippen LogP contribution in [0.15, 0.2) is 42.5 Å². The zero-order valence-corrected chi connectivity index (χ0v) is 24.7. The van der Waals surface area contributed by atoms with Crippen molar-refractivity contribution in [1.82, 2.24) is 10.2 Å². The number of carbonyl (C=O) groups is 1. The van der Waals surface area contributed by atoms with Crippen molar-refractivity contribution in [3.63, 3.8) is 0 Å². The van der Waals surface area contributed by atoms with E-state index in [1.54, 1.807) is 42.5 Å². The topological polar surface area (TPSA) is 61.8 Å². The highest BCUT2D eigenvalue weighted by Crippen LogP contribution is 2.51. The second-order valence-corrected chi connectivity index (χ2v) is 12.4. The van der Waals surface area contributed by atoms with Crippen molar-refractivity contribution >= 4 is 51.9 Å². The molecule has 2 aliphatic rings. The molecule has 5 rings (SSSR count). The number of thiophene rings is 1. The first-order chi connectivity index (χ1) is 19.2. The van der Waals surface area contributed by atoms with E-state index in [9.17, 15) is 18.7 Å². The van der Waals surface area contributed by atoms with Gasteiger partial charge >= 0.3 is 0 Å². The third-order valence-corrected chi connectivity index (χ3v) is 9.46. The number of ketones is 1. The van der Waals surface area contributed by atoms with Crippen LogP contribution in [0.25, 0.3) is 21.6 Å². The number of aliphatic hydroxyl groups is 1. The Bertz CT molecular complexity index is 1360. The highest BCUT2D eigenvalue weighted by atomic mass is 35.5. The van der Waals surface area contributed by atoms with E-state index in [1.165, 1.54) is 0 Å². The number of alkyl halides is 2. The molecular weight excluding hydrogens is 601 g/mol. The van der Waals surface area contributed by atoms with Gasteiger partial charge in [-0.2, -0.15) is 0 Å². The number of hydrogen-bond acceptors (Lipinski definition) is 6. The van der Waals surface area contributed by atoms with Crippen molar-refractivity contribution in [2.75, 3.05) is 32.8 Å². The van der Waals surface area contributed by atoms with E-state index in [0.717, 1.165) is 37.3 Å². The fourth-order valence-electron chi connectivity index (χ4n) is 5.53. The van der Waals surface area contributed by atoms with Gasteiger partial charge in [-0.15, -0.1) is 11.3 Å². The number of carbonyl (C=O) groups excluding carboxylic acids is 1. The van der Waals surface area contributed by atoms with E-state index in [4.69, 9.17) is 39.5 Å². The summed E-state index contributed by atoms with van der Waals surface area (Å²) < 4.78 is 35.7. The fraction of sp³-hybridized carbons (Fsp3) is 0.414. The van der Waals surface area contributed by atoms with Crippen molar-refractivity contribution in [3.05, 3.63) is 62.4 Å². The molecule has 2 N–H and O–H groups in total. The van der Waals surface area contributed by atoms with Gasteiger partial charge in [-0.05, 0) is 55.8 Å². The van der Waals surface area contributed by atoms with Crippen LogP contribution in [0.1, 0.15) is 35.4 Å². The quantitative estimate of drug-likeness (QED) is 0.254. The number of aliphatic hydroxyl groups excluding tert-OH is 1. The maximum absolute atomic E-state index is 14.8. The summed E-state index contributed by atoms with van der Waals surface area (Å²) in [5.74, 6) is -3.12. The molecule has 0 saturated carbocycles. The number of nitrogens with one attached hydrogen (secondary N) is 1. The van der Waals surface area contributed by atoms with E-state index in [-0.39, 0.29) is 42.8 Å². The zero-order valence-electron chi connectivity index (χ0n) is 21.6. The number of Topliss-reactive ketones (excluding diaryl/α,β-unsaturated/α-hetero) is 1. The van der Waals surface area contributed by atoms with Crippen LogP contribution in [-0.4, -0.2) is 66.6 Å². The van der Waals surface area contributed by atoms with Crippen LogP contribution in [-0.2, 0) is 0 Å². The second kappa shape index (κ2) is 12.6. The van der Waals surface area contributed by atoms with Crippen molar-refractivity contribution in [1.29, 1.82) is 0 Å². The molecule has 1 atom stereocenters. The molecule has 214 valence electrons. The Hall–Kier alpha value is -1.78. The lowest BCUT2D eigenvalue weighted by atomic mass is 9.90. The summed E-state index contributed by atoms with van der Waals surface area (Å²) in [5.41, 5.74) is 1.91. The summed E-state index contributed by atoms with van der Waals surface area (Å²) in [7, 11) is 0. The molecule has 0 unspecified atom stereocenters. The molecule has 0 bridgehead atoms. The summed E-state index contributed by atoms with van der Waals surface area (Å²) in [4.78, 5) is 17.2. The molecule has 11 heteroatoms. The number of halogens is 5. The number of hydrogen-bond donors (Lipinski definition) is 2. The molecule has 2 aliphatic heterocycles. The lowest BCUT2D eigenvalue weighted by Crippen LogP contribution is -2.56. The largest absolute Gasteiger partial charge is 0.489 e. The average molecular weight is 630 g/mol. The molecule has 0 spiro atoms. The first-order valence-electron chi connectivity index (χ1n) is 13.2. The minimum atomic E-state index is -2.95. The van der Waals surface area contributed by atoms with Crippen molar-refractivity contribution in [2.45, 2.75) is 43.7 Å². The molecule has 0 amide bonds. The molecule has 1 aromatic heterocycles. The van der Waals surface area contributed by atoms with Gasteiger partial charge in [-0.1, -0.05) is 53.0 Å². The maximum Gasteiger partial charge on any atom is 0.251 e. The smallest absolute Gasteiger partial charge is 0.251 e. The Morgan fingerprint density at radius 2 is 1.80 bits per heavy atom. The van der Waals surface area contributed by atoms with Crippen LogP contribution in [0.4, 0.5) is 8.78 Å². The van der Waals surface area contributed by atoms with Gasteiger partial charge in [-0.25, -0.2) is 8.78 Å². The highest BCUT2D eigenvalue weighted by molar-refractivity contribution is 7.18. The van der Waals surface area contributed by atoms with E-state index < -0.39 is 24.2 Å².